The Morgan fingerprint density at radius 1 is 1.12 bits per heavy atom. The maximum Gasteiger partial charge on any atom is 0.287 e. The summed E-state index contributed by atoms with van der Waals surface area (Å²) in [5.41, 5.74) is 0. The molecule has 0 bridgehead atoms. The molecule has 8 nitrogen and oxygen atoms in total. The van der Waals surface area contributed by atoms with E-state index in [0.717, 1.165) is 0 Å². The molecule has 26 heavy (non-hydrogen) atoms. The Morgan fingerprint density at radius 3 is 2.38 bits per heavy atom. The lowest BCUT2D eigenvalue weighted by molar-refractivity contribution is -0.134. The van der Waals surface area contributed by atoms with Crippen LogP contribution in [0.1, 0.15) is 24.4 Å². The van der Waals surface area contributed by atoms with E-state index in [0.29, 0.717) is 32.1 Å². The first kappa shape index (κ1) is 17.9. The molecule has 2 aromatic heterocycles. The number of nitrogens with one attached hydrogen (secondary N) is 1. The molecule has 0 spiro atoms. The average molecular weight is 357 g/mol. The van der Waals surface area contributed by atoms with Crippen LogP contribution < -0.4 is 10.2 Å². The van der Waals surface area contributed by atoms with Crippen LogP contribution in [0.4, 0.5) is 5.95 Å². The van der Waals surface area contributed by atoms with Crippen LogP contribution in [0.15, 0.2) is 41.3 Å². The Labute approximate surface area is 152 Å². The smallest absolute Gasteiger partial charge is 0.287 e. The van der Waals surface area contributed by atoms with Gasteiger partial charge in [0, 0.05) is 38.6 Å². The number of hydrogen-bond acceptors (Lipinski definition) is 6. The molecular weight excluding hydrogens is 334 g/mol. The minimum atomic E-state index is -0.591. The minimum Gasteiger partial charge on any atom is -0.459 e. The number of rotatable bonds is 5. The van der Waals surface area contributed by atoms with Crippen molar-refractivity contribution in [1.82, 2.24) is 20.2 Å². The summed E-state index contributed by atoms with van der Waals surface area (Å²) in [5, 5.41) is 2.80. The molecule has 0 aliphatic carbocycles. The van der Waals surface area contributed by atoms with Gasteiger partial charge in [-0.1, -0.05) is 13.8 Å². The van der Waals surface area contributed by atoms with Gasteiger partial charge in [-0.2, -0.15) is 0 Å². The first-order valence-corrected chi connectivity index (χ1v) is 8.71. The van der Waals surface area contributed by atoms with Gasteiger partial charge in [0.2, 0.25) is 11.9 Å². The summed E-state index contributed by atoms with van der Waals surface area (Å²) >= 11 is 0. The van der Waals surface area contributed by atoms with Gasteiger partial charge in [-0.25, -0.2) is 9.97 Å². The number of carbonyl (C=O) groups excluding carboxylic acids is 2. The third-order valence-electron chi connectivity index (χ3n) is 4.39. The Morgan fingerprint density at radius 2 is 1.81 bits per heavy atom. The molecule has 1 saturated heterocycles. The quantitative estimate of drug-likeness (QED) is 0.864. The second-order valence-electron chi connectivity index (χ2n) is 6.53. The Hall–Kier alpha value is -2.90. The van der Waals surface area contributed by atoms with Gasteiger partial charge in [0.1, 0.15) is 6.04 Å². The van der Waals surface area contributed by atoms with E-state index in [1.807, 2.05) is 13.8 Å². The summed E-state index contributed by atoms with van der Waals surface area (Å²) in [7, 11) is 0. The number of hydrogen-bond donors (Lipinski definition) is 1. The molecular formula is C18H23N5O3. The second kappa shape index (κ2) is 7.99. The fourth-order valence-electron chi connectivity index (χ4n) is 2.91. The molecule has 3 heterocycles. The van der Waals surface area contributed by atoms with Crippen molar-refractivity contribution in [3.05, 3.63) is 42.6 Å². The van der Waals surface area contributed by atoms with E-state index in [4.69, 9.17) is 4.42 Å². The number of anilines is 1. The molecule has 1 aliphatic rings. The van der Waals surface area contributed by atoms with Gasteiger partial charge in [-0.05, 0) is 24.1 Å². The minimum absolute atomic E-state index is 0.0306. The van der Waals surface area contributed by atoms with Crippen LogP contribution in [0, 0.1) is 5.92 Å². The normalized spacial score (nSPS) is 15.8. The molecule has 0 saturated carbocycles. The van der Waals surface area contributed by atoms with Crippen molar-refractivity contribution in [3.8, 4) is 0 Å². The van der Waals surface area contributed by atoms with Crippen molar-refractivity contribution < 1.29 is 14.0 Å². The number of piperazine rings is 1. The zero-order valence-electron chi connectivity index (χ0n) is 15.0. The first-order valence-electron chi connectivity index (χ1n) is 8.71. The standard InChI is InChI=1S/C18H23N5O3/c1-13(2)15(21-16(24)14-5-3-12-26-14)17(25)22-8-10-23(11-9-22)18-19-6-4-7-20-18/h3-7,12-13,15H,8-11H2,1-2H3,(H,21,24). The van der Waals surface area contributed by atoms with Gasteiger partial charge >= 0.3 is 0 Å². The van der Waals surface area contributed by atoms with E-state index in [-0.39, 0.29) is 23.5 Å². The van der Waals surface area contributed by atoms with Crippen LogP contribution in [0.25, 0.3) is 0 Å². The first-order chi connectivity index (χ1) is 12.6. The molecule has 3 rings (SSSR count). The van der Waals surface area contributed by atoms with Gasteiger partial charge in [0.05, 0.1) is 6.26 Å². The van der Waals surface area contributed by atoms with Crippen LogP contribution in [0.2, 0.25) is 0 Å². The van der Waals surface area contributed by atoms with Crippen molar-refractivity contribution in [1.29, 1.82) is 0 Å². The fourth-order valence-corrected chi connectivity index (χ4v) is 2.91. The lowest BCUT2D eigenvalue weighted by Crippen LogP contribution is -2.56. The van der Waals surface area contributed by atoms with Crippen LogP contribution in [-0.2, 0) is 4.79 Å². The summed E-state index contributed by atoms with van der Waals surface area (Å²) in [6, 6.07) is 4.41. The summed E-state index contributed by atoms with van der Waals surface area (Å²) < 4.78 is 5.11. The molecule has 1 aliphatic heterocycles. The molecule has 2 aromatic rings. The number of furan rings is 1. The maximum atomic E-state index is 12.9. The molecule has 138 valence electrons. The van der Waals surface area contributed by atoms with Crippen molar-refractivity contribution >= 4 is 17.8 Å². The number of carbonyl (C=O) groups is 2. The van der Waals surface area contributed by atoms with E-state index in [1.54, 1.807) is 35.5 Å². The van der Waals surface area contributed by atoms with Crippen LogP contribution in [-0.4, -0.2) is 58.9 Å². The van der Waals surface area contributed by atoms with Crippen molar-refractivity contribution in [2.24, 2.45) is 5.92 Å². The SMILES string of the molecule is CC(C)C(NC(=O)c1ccco1)C(=O)N1CCN(c2ncccn2)CC1. The summed E-state index contributed by atoms with van der Waals surface area (Å²) in [4.78, 5) is 37.5. The molecule has 1 atom stereocenters. The molecule has 1 unspecified atom stereocenters. The highest BCUT2D eigenvalue weighted by Crippen LogP contribution is 2.13. The lowest BCUT2D eigenvalue weighted by Gasteiger charge is -2.37. The largest absolute Gasteiger partial charge is 0.459 e. The van der Waals surface area contributed by atoms with Gasteiger partial charge in [-0.15, -0.1) is 0 Å². The third-order valence-corrected chi connectivity index (χ3v) is 4.39. The van der Waals surface area contributed by atoms with Crippen molar-refractivity contribution in [3.63, 3.8) is 0 Å². The Kier molecular flexibility index (Phi) is 5.50. The van der Waals surface area contributed by atoms with Gasteiger partial charge < -0.3 is 19.5 Å². The van der Waals surface area contributed by atoms with Crippen molar-refractivity contribution in [2.45, 2.75) is 19.9 Å². The molecule has 0 radical (unpaired) electrons. The van der Waals surface area contributed by atoms with E-state index < -0.39 is 6.04 Å². The van der Waals surface area contributed by atoms with E-state index in [9.17, 15) is 9.59 Å². The monoisotopic (exact) mass is 357 g/mol. The highest BCUT2D eigenvalue weighted by Gasteiger charge is 2.31. The highest BCUT2D eigenvalue weighted by molar-refractivity contribution is 5.95. The van der Waals surface area contributed by atoms with E-state index in [2.05, 4.69) is 20.2 Å². The number of nitrogens with zero attached hydrogens (tertiary/aromatic N) is 4. The van der Waals surface area contributed by atoms with E-state index >= 15 is 0 Å². The summed E-state index contributed by atoms with van der Waals surface area (Å²) in [6.45, 7) is 6.28. The number of amides is 2. The van der Waals surface area contributed by atoms with Gasteiger partial charge in [0.15, 0.2) is 5.76 Å². The van der Waals surface area contributed by atoms with E-state index in [1.165, 1.54) is 6.26 Å². The molecule has 1 fully saturated rings. The number of aromatic nitrogens is 2. The summed E-state index contributed by atoms with van der Waals surface area (Å²) in [6.07, 6.45) is 4.85. The molecule has 2 amide bonds. The second-order valence-corrected chi connectivity index (χ2v) is 6.53. The highest BCUT2D eigenvalue weighted by atomic mass is 16.3. The maximum absolute atomic E-state index is 12.9. The van der Waals surface area contributed by atoms with Gasteiger partial charge in [-0.3, -0.25) is 9.59 Å². The Balaban J connectivity index is 1.60. The zero-order chi connectivity index (χ0) is 18.5. The third kappa shape index (κ3) is 4.01. The fraction of sp³-hybridized carbons (Fsp3) is 0.444. The van der Waals surface area contributed by atoms with Crippen LogP contribution in [0.5, 0.6) is 0 Å². The average Bonchev–Trinajstić information content (AvgIpc) is 3.21. The lowest BCUT2D eigenvalue weighted by atomic mass is 10.0. The zero-order valence-corrected chi connectivity index (χ0v) is 15.0. The van der Waals surface area contributed by atoms with Gasteiger partial charge in [0.25, 0.3) is 5.91 Å². The van der Waals surface area contributed by atoms with Crippen LogP contribution >= 0.6 is 0 Å². The molecule has 1 N–H and O–H groups in total. The molecule has 8 heteroatoms. The summed E-state index contributed by atoms with van der Waals surface area (Å²) in [5.74, 6) is 0.393. The Bertz CT molecular complexity index is 725. The van der Waals surface area contributed by atoms with Crippen LogP contribution in [0.3, 0.4) is 0 Å². The molecule has 0 aromatic carbocycles. The predicted molar refractivity (Wildman–Crippen MR) is 95.6 cm³/mol. The predicted octanol–water partition coefficient (Wildman–Crippen LogP) is 1.17. The topological polar surface area (TPSA) is 91.6 Å². The van der Waals surface area contributed by atoms with Crippen molar-refractivity contribution in [2.75, 3.05) is 31.1 Å².